The zero-order valence-electron chi connectivity index (χ0n) is 3.75. The van der Waals surface area contributed by atoms with Gasteiger partial charge in [-0.05, 0) is 0 Å². The van der Waals surface area contributed by atoms with E-state index in [1.54, 1.807) is 0 Å². The summed E-state index contributed by atoms with van der Waals surface area (Å²) in [7, 11) is 0. The smallest absolute Gasteiger partial charge is 0.512 e. The van der Waals surface area contributed by atoms with Crippen LogP contribution in [-0.4, -0.2) is 16.4 Å². The Morgan fingerprint density at radius 1 is 1.43 bits per heavy atom. The van der Waals surface area contributed by atoms with Gasteiger partial charge >= 0.3 is 75.0 Å². The zero-order valence-corrected chi connectivity index (χ0v) is 10.0. The van der Waals surface area contributed by atoms with E-state index in [1.165, 1.54) is 0 Å². The minimum atomic E-state index is -1.83. The molecular formula is C2H2CsNO3. The van der Waals surface area contributed by atoms with Crippen LogP contribution in [0.2, 0.25) is 0 Å². The minimum Gasteiger partial charge on any atom is -0.512 e. The Bertz CT molecular complexity index is 57.2. The Labute approximate surface area is 99.6 Å². The molecule has 0 atom stereocenters. The average molecular weight is 221 g/mol. The molecule has 0 saturated heterocycles. The topological polar surface area (TPSA) is 81.3 Å². The van der Waals surface area contributed by atoms with Gasteiger partial charge in [0.05, 0.1) is 0 Å². The van der Waals surface area contributed by atoms with Crippen LogP contribution in [0, 0.1) is 11.8 Å². The van der Waals surface area contributed by atoms with E-state index in [1.807, 2.05) is 0 Å². The van der Waals surface area contributed by atoms with Crippen molar-refractivity contribution in [2.75, 3.05) is 0 Å². The molecule has 0 unspecified atom stereocenters. The van der Waals surface area contributed by atoms with E-state index in [0.717, 1.165) is 0 Å². The molecule has 0 bridgehead atoms. The van der Waals surface area contributed by atoms with Gasteiger partial charge in [0.2, 0.25) is 0 Å². The molecule has 0 heterocycles. The Morgan fingerprint density at radius 2 is 1.43 bits per heavy atom. The zero-order chi connectivity index (χ0) is 5.58. The SMILES string of the molecule is O=C(O)O.[C-]#N.[Cs+]. The molecule has 0 amide bonds. The van der Waals surface area contributed by atoms with E-state index in [4.69, 9.17) is 26.8 Å². The summed E-state index contributed by atoms with van der Waals surface area (Å²) in [6.07, 6.45) is -1.83. The number of rotatable bonds is 0. The summed E-state index contributed by atoms with van der Waals surface area (Å²) in [5.41, 5.74) is 0. The van der Waals surface area contributed by atoms with Crippen LogP contribution in [0.4, 0.5) is 4.79 Å². The van der Waals surface area contributed by atoms with E-state index in [2.05, 4.69) is 0 Å². The molecule has 4 nitrogen and oxygen atoms in total. The van der Waals surface area contributed by atoms with Gasteiger partial charge in [-0.25, -0.2) is 4.79 Å². The fraction of sp³-hybridized carbons (Fsp3) is 0. The minimum absolute atomic E-state index is 0. The predicted molar refractivity (Wildman–Crippen MR) is 15.6 cm³/mol. The van der Waals surface area contributed by atoms with Crippen molar-refractivity contribution in [1.29, 1.82) is 5.26 Å². The Hall–Kier alpha value is 0.812. The van der Waals surface area contributed by atoms with E-state index in [-0.39, 0.29) is 68.9 Å². The Balaban J connectivity index is -0.0000000480. The summed E-state index contributed by atoms with van der Waals surface area (Å²) in [4.78, 5) is 8.56. The Kier molecular flexibility index (Phi) is 35.4. The predicted octanol–water partition coefficient (Wildman–Crippen LogP) is -2.68. The normalized spacial score (nSPS) is 3.71. The van der Waals surface area contributed by atoms with Gasteiger partial charge in [0, 0.05) is 0 Å². The van der Waals surface area contributed by atoms with Crippen molar-refractivity contribution in [3.63, 3.8) is 0 Å². The summed E-state index contributed by atoms with van der Waals surface area (Å²) >= 11 is 0. The Morgan fingerprint density at radius 3 is 1.43 bits per heavy atom. The number of carboxylic acid groups (broad SMARTS) is 2. The molecule has 0 aromatic carbocycles. The molecule has 0 aliphatic heterocycles. The fourth-order valence-electron chi connectivity index (χ4n) is 0. The van der Waals surface area contributed by atoms with Crippen molar-refractivity contribution in [3.8, 4) is 0 Å². The molecule has 7 heavy (non-hydrogen) atoms. The van der Waals surface area contributed by atoms with Crippen molar-refractivity contribution >= 4 is 6.16 Å². The van der Waals surface area contributed by atoms with Gasteiger partial charge in [-0.15, -0.1) is 0 Å². The summed E-state index contributed by atoms with van der Waals surface area (Å²) in [5, 5.41) is 20.2. The van der Waals surface area contributed by atoms with Crippen LogP contribution in [0.15, 0.2) is 0 Å². The first-order valence-corrected chi connectivity index (χ1v) is 0.875. The van der Waals surface area contributed by atoms with Crippen molar-refractivity contribution in [2.45, 2.75) is 0 Å². The second kappa shape index (κ2) is 15.8. The molecule has 0 aromatic heterocycles. The molecule has 2 N–H and O–H groups in total. The molecule has 0 fully saturated rings. The maximum absolute atomic E-state index is 8.56. The fourth-order valence-corrected chi connectivity index (χ4v) is 0. The first-order chi connectivity index (χ1) is 2.73. The molecule has 5 heteroatoms. The molecular weight excluding hydrogens is 219 g/mol. The van der Waals surface area contributed by atoms with Crippen LogP contribution < -0.4 is 68.9 Å². The van der Waals surface area contributed by atoms with Gasteiger partial charge in [0.25, 0.3) is 0 Å². The molecule has 0 aromatic rings. The van der Waals surface area contributed by atoms with Crippen molar-refractivity contribution < 1.29 is 83.9 Å². The molecule has 0 saturated carbocycles. The maximum atomic E-state index is 8.56. The van der Waals surface area contributed by atoms with Crippen LogP contribution in [0.25, 0.3) is 0 Å². The molecule has 0 aliphatic rings. The summed E-state index contributed by atoms with van der Waals surface area (Å²) < 4.78 is 0. The van der Waals surface area contributed by atoms with Gasteiger partial charge in [-0.3, -0.25) is 0 Å². The summed E-state index contributed by atoms with van der Waals surface area (Å²) in [5.74, 6) is 0. The first-order valence-electron chi connectivity index (χ1n) is 0.875. The van der Waals surface area contributed by atoms with E-state index in [9.17, 15) is 0 Å². The second-order valence-corrected chi connectivity index (χ2v) is 0.283. The van der Waals surface area contributed by atoms with E-state index in [0.29, 0.717) is 0 Å². The number of hydrogen-bond donors (Lipinski definition) is 2. The quantitative estimate of drug-likeness (QED) is 0.437. The maximum Gasteiger partial charge on any atom is 1.00 e. The number of hydrogen-bond acceptors (Lipinski definition) is 2. The van der Waals surface area contributed by atoms with Gasteiger partial charge in [0.15, 0.2) is 0 Å². The largest absolute Gasteiger partial charge is 1.00 e. The molecule has 0 aliphatic carbocycles. The molecule has 0 spiro atoms. The van der Waals surface area contributed by atoms with Gasteiger partial charge in [-0.2, -0.15) is 0 Å². The first kappa shape index (κ1) is 15.7. The third kappa shape index (κ3) is 239. The van der Waals surface area contributed by atoms with Gasteiger partial charge < -0.3 is 22.0 Å². The van der Waals surface area contributed by atoms with E-state index >= 15 is 0 Å². The average Bonchev–Trinajstić information content (AvgIpc) is 1.41. The number of carbonyl (C=O) groups is 1. The summed E-state index contributed by atoms with van der Waals surface area (Å²) in [6, 6.07) is 0. The standard InChI is InChI=1S/CN.CH2O3.Cs/c1-2;2-1(3)4;/h;(H2,2,3,4);/q-1;;+1. The second-order valence-electron chi connectivity index (χ2n) is 0.283. The van der Waals surface area contributed by atoms with Crippen LogP contribution >= 0.6 is 0 Å². The molecule has 0 rings (SSSR count). The third-order valence-electron chi connectivity index (χ3n) is 0. The molecule has 34 valence electrons. The van der Waals surface area contributed by atoms with Gasteiger partial charge in [-0.1, -0.05) is 0 Å². The third-order valence-corrected chi connectivity index (χ3v) is 0. The number of nitrogens with zero attached hydrogens (tertiary/aromatic N) is 1. The van der Waals surface area contributed by atoms with Crippen LogP contribution in [0.5, 0.6) is 0 Å². The van der Waals surface area contributed by atoms with Crippen molar-refractivity contribution in [1.82, 2.24) is 0 Å². The van der Waals surface area contributed by atoms with Crippen LogP contribution in [0.1, 0.15) is 0 Å². The molecule has 0 radical (unpaired) electrons. The summed E-state index contributed by atoms with van der Waals surface area (Å²) in [6.45, 7) is 4.75. The van der Waals surface area contributed by atoms with Gasteiger partial charge in [0.1, 0.15) is 0 Å². The van der Waals surface area contributed by atoms with Crippen LogP contribution in [-0.2, 0) is 0 Å². The van der Waals surface area contributed by atoms with E-state index < -0.39 is 6.16 Å². The van der Waals surface area contributed by atoms with Crippen molar-refractivity contribution in [2.24, 2.45) is 0 Å². The van der Waals surface area contributed by atoms with Crippen molar-refractivity contribution in [3.05, 3.63) is 6.57 Å². The monoisotopic (exact) mass is 221 g/mol. The van der Waals surface area contributed by atoms with Crippen LogP contribution in [0.3, 0.4) is 0 Å².